The van der Waals surface area contributed by atoms with E-state index in [9.17, 15) is 24.3 Å². The second kappa shape index (κ2) is 10.3. The first-order valence-electron chi connectivity index (χ1n) is 9.83. The number of esters is 1. The number of oxime groups is 1. The van der Waals surface area contributed by atoms with Crippen LogP contribution in [-0.4, -0.2) is 70.4 Å². The number of benzene rings is 1. The summed E-state index contributed by atoms with van der Waals surface area (Å²) >= 11 is 1.30. The fraction of sp³-hybridized carbons (Fsp3) is 0.381. The molecule has 2 amide bonds. The van der Waals surface area contributed by atoms with Crippen LogP contribution in [0.4, 0.5) is 0 Å². The standard InChI is InChI=1S/C21H23N3O7S/c1-12(9-31-22-8-14-6-4-3-5-7-14)18(26)23-16-19(27)24-17(21(28)29)15(10-30-13(2)25)11-32-20(16)24/h3-8,12,16,20H,9-11H2,1-2H3,(H,23,26)(H,28,29)/b22-8+/t12-,16+,20?/m0/s1. The average Bonchev–Trinajstić information content (AvgIpc) is 2.78. The van der Waals surface area contributed by atoms with Crippen LogP contribution in [0.15, 0.2) is 46.8 Å². The van der Waals surface area contributed by atoms with Gasteiger partial charge in [0.1, 0.15) is 30.3 Å². The van der Waals surface area contributed by atoms with Gasteiger partial charge in [-0.05, 0) is 5.56 Å². The maximum atomic E-state index is 12.6. The number of hydrogen-bond acceptors (Lipinski definition) is 8. The average molecular weight is 461 g/mol. The van der Waals surface area contributed by atoms with Gasteiger partial charge < -0.3 is 20.0 Å². The Hall–Kier alpha value is -3.34. The molecule has 2 aliphatic rings. The van der Waals surface area contributed by atoms with Crippen molar-refractivity contribution in [2.24, 2.45) is 11.1 Å². The lowest BCUT2D eigenvalue weighted by molar-refractivity contribution is -0.151. The molecule has 0 aromatic heterocycles. The van der Waals surface area contributed by atoms with E-state index in [-0.39, 0.29) is 24.7 Å². The van der Waals surface area contributed by atoms with Gasteiger partial charge in [0, 0.05) is 18.2 Å². The van der Waals surface area contributed by atoms with E-state index in [0.29, 0.717) is 5.57 Å². The summed E-state index contributed by atoms with van der Waals surface area (Å²) in [4.78, 5) is 54.2. The third kappa shape index (κ3) is 5.28. The smallest absolute Gasteiger partial charge is 0.352 e. The number of carbonyl (C=O) groups excluding carboxylic acids is 3. The molecular formula is C21H23N3O7S. The Morgan fingerprint density at radius 2 is 2.06 bits per heavy atom. The molecule has 2 N–H and O–H groups in total. The largest absolute Gasteiger partial charge is 0.477 e. The summed E-state index contributed by atoms with van der Waals surface area (Å²) < 4.78 is 4.90. The summed E-state index contributed by atoms with van der Waals surface area (Å²) in [5.74, 6) is -3.06. The van der Waals surface area contributed by atoms with Crippen LogP contribution in [0.5, 0.6) is 0 Å². The molecule has 0 aliphatic carbocycles. The molecule has 2 heterocycles. The molecule has 1 unspecified atom stereocenters. The number of carboxylic acid groups (broad SMARTS) is 1. The highest BCUT2D eigenvalue weighted by Crippen LogP contribution is 2.40. The Bertz CT molecular complexity index is 963. The SMILES string of the molecule is CC(=O)OCC1=C(C(=O)O)N2C(=O)[C@@H](NC(=O)[C@@H](C)CO/N=C/c3ccccc3)C2SC1. The normalized spacial score (nSPS) is 20.9. The molecule has 32 heavy (non-hydrogen) atoms. The van der Waals surface area contributed by atoms with Crippen molar-refractivity contribution in [1.82, 2.24) is 10.2 Å². The van der Waals surface area contributed by atoms with Gasteiger partial charge in [-0.15, -0.1) is 11.8 Å². The maximum Gasteiger partial charge on any atom is 0.352 e. The van der Waals surface area contributed by atoms with Crippen molar-refractivity contribution in [1.29, 1.82) is 0 Å². The zero-order valence-electron chi connectivity index (χ0n) is 17.5. The first-order chi connectivity index (χ1) is 15.3. The van der Waals surface area contributed by atoms with Gasteiger partial charge in [-0.1, -0.05) is 42.4 Å². The molecule has 1 aromatic carbocycles. The monoisotopic (exact) mass is 461 g/mol. The zero-order valence-corrected chi connectivity index (χ0v) is 18.3. The van der Waals surface area contributed by atoms with E-state index in [4.69, 9.17) is 9.57 Å². The summed E-state index contributed by atoms with van der Waals surface area (Å²) in [7, 11) is 0. The van der Waals surface area contributed by atoms with Crippen molar-refractivity contribution < 1.29 is 33.9 Å². The molecule has 10 nitrogen and oxygen atoms in total. The van der Waals surface area contributed by atoms with Crippen LogP contribution in [0.25, 0.3) is 0 Å². The Labute approximate surface area is 188 Å². The van der Waals surface area contributed by atoms with Crippen LogP contribution < -0.4 is 5.32 Å². The lowest BCUT2D eigenvalue weighted by Gasteiger charge is -2.49. The van der Waals surface area contributed by atoms with Gasteiger partial charge in [0.05, 0.1) is 12.1 Å². The third-order valence-corrected chi connectivity index (χ3v) is 6.18. The van der Waals surface area contributed by atoms with Gasteiger partial charge in [-0.2, -0.15) is 0 Å². The van der Waals surface area contributed by atoms with Crippen LogP contribution in [0.2, 0.25) is 0 Å². The van der Waals surface area contributed by atoms with E-state index in [2.05, 4.69) is 10.5 Å². The summed E-state index contributed by atoms with van der Waals surface area (Å²) in [5, 5.41) is 15.5. The minimum Gasteiger partial charge on any atom is -0.477 e. The minimum atomic E-state index is -1.28. The van der Waals surface area contributed by atoms with Gasteiger partial charge in [0.15, 0.2) is 0 Å². The van der Waals surface area contributed by atoms with E-state index < -0.39 is 41.1 Å². The predicted octanol–water partition coefficient (Wildman–Crippen LogP) is 0.975. The van der Waals surface area contributed by atoms with E-state index in [1.807, 2.05) is 30.3 Å². The molecule has 0 saturated carbocycles. The highest BCUT2D eigenvalue weighted by Gasteiger charge is 2.54. The van der Waals surface area contributed by atoms with Crippen molar-refractivity contribution in [2.45, 2.75) is 25.3 Å². The Morgan fingerprint density at radius 3 is 2.72 bits per heavy atom. The lowest BCUT2D eigenvalue weighted by Crippen LogP contribution is -2.71. The lowest BCUT2D eigenvalue weighted by atomic mass is 10.0. The van der Waals surface area contributed by atoms with Crippen LogP contribution >= 0.6 is 11.8 Å². The second-order valence-electron chi connectivity index (χ2n) is 7.28. The molecule has 1 fully saturated rings. The molecule has 170 valence electrons. The van der Waals surface area contributed by atoms with Crippen LogP contribution in [0, 0.1) is 5.92 Å². The molecule has 3 atom stereocenters. The number of thioether (sulfide) groups is 1. The number of amides is 2. The number of nitrogens with zero attached hydrogens (tertiary/aromatic N) is 2. The number of ether oxygens (including phenoxy) is 1. The number of aliphatic carboxylic acids is 1. The molecular weight excluding hydrogens is 438 g/mol. The molecule has 0 radical (unpaired) electrons. The number of fused-ring (bicyclic) bond motifs is 1. The summed E-state index contributed by atoms with van der Waals surface area (Å²) in [6.07, 6.45) is 1.53. The predicted molar refractivity (Wildman–Crippen MR) is 115 cm³/mol. The van der Waals surface area contributed by atoms with Crippen molar-refractivity contribution in [2.75, 3.05) is 19.0 Å². The Kier molecular flexibility index (Phi) is 7.52. The Morgan fingerprint density at radius 1 is 1.34 bits per heavy atom. The molecule has 1 saturated heterocycles. The summed E-state index contributed by atoms with van der Waals surface area (Å²) in [5.41, 5.74) is 0.997. The number of nitrogens with one attached hydrogen (secondary N) is 1. The number of hydrogen-bond donors (Lipinski definition) is 2. The molecule has 11 heteroatoms. The summed E-state index contributed by atoms with van der Waals surface area (Å²) in [6.45, 7) is 2.68. The summed E-state index contributed by atoms with van der Waals surface area (Å²) in [6, 6.07) is 8.49. The van der Waals surface area contributed by atoms with Gasteiger partial charge in [0.25, 0.3) is 5.91 Å². The van der Waals surface area contributed by atoms with Gasteiger partial charge >= 0.3 is 11.9 Å². The van der Waals surface area contributed by atoms with Crippen LogP contribution in [0.1, 0.15) is 19.4 Å². The van der Waals surface area contributed by atoms with Crippen LogP contribution in [0.3, 0.4) is 0 Å². The minimum absolute atomic E-state index is 0.0183. The van der Waals surface area contributed by atoms with Gasteiger partial charge in [-0.25, -0.2) is 4.79 Å². The second-order valence-corrected chi connectivity index (χ2v) is 8.38. The number of carbonyl (C=O) groups is 4. The number of β-lactam (4-membered cyclic amide) rings is 1. The van der Waals surface area contributed by atoms with E-state index >= 15 is 0 Å². The maximum absolute atomic E-state index is 12.6. The fourth-order valence-electron chi connectivity index (χ4n) is 3.15. The molecule has 2 aliphatic heterocycles. The topological polar surface area (TPSA) is 135 Å². The zero-order chi connectivity index (χ0) is 23.3. The van der Waals surface area contributed by atoms with Crippen LogP contribution in [-0.2, 0) is 28.8 Å². The first kappa shape index (κ1) is 23.3. The first-order valence-corrected chi connectivity index (χ1v) is 10.9. The van der Waals surface area contributed by atoms with E-state index in [0.717, 1.165) is 10.5 Å². The van der Waals surface area contributed by atoms with Gasteiger partial charge in [0.2, 0.25) is 5.91 Å². The fourth-order valence-corrected chi connectivity index (χ4v) is 4.47. The van der Waals surface area contributed by atoms with Crippen molar-refractivity contribution >= 4 is 41.7 Å². The molecule has 1 aromatic rings. The highest BCUT2D eigenvalue weighted by molar-refractivity contribution is 8.00. The highest BCUT2D eigenvalue weighted by atomic mass is 32.2. The van der Waals surface area contributed by atoms with E-state index in [1.54, 1.807) is 6.92 Å². The van der Waals surface area contributed by atoms with Gasteiger partial charge in [-0.3, -0.25) is 19.3 Å². The number of rotatable bonds is 9. The quantitative estimate of drug-likeness (QED) is 0.240. The van der Waals surface area contributed by atoms with E-state index in [1.165, 1.54) is 24.9 Å². The molecule has 0 bridgehead atoms. The van der Waals surface area contributed by atoms with Crippen molar-refractivity contribution in [3.8, 4) is 0 Å². The molecule has 3 rings (SSSR count). The molecule has 0 spiro atoms. The number of carboxylic acids is 1. The van der Waals surface area contributed by atoms with Crippen molar-refractivity contribution in [3.63, 3.8) is 0 Å². The Balaban J connectivity index is 1.55. The third-order valence-electron chi connectivity index (χ3n) is 4.85. The van der Waals surface area contributed by atoms with Crippen molar-refractivity contribution in [3.05, 3.63) is 47.2 Å².